The van der Waals surface area contributed by atoms with Gasteiger partial charge in [-0.25, -0.2) is 0 Å². The van der Waals surface area contributed by atoms with E-state index in [4.69, 9.17) is 4.74 Å². The summed E-state index contributed by atoms with van der Waals surface area (Å²) < 4.78 is 5.14. The van der Waals surface area contributed by atoms with Crippen LogP contribution in [-0.4, -0.2) is 47.1 Å². The zero-order valence-electron chi connectivity index (χ0n) is 17.9. The van der Waals surface area contributed by atoms with Crippen LogP contribution in [0, 0.1) is 16.0 Å². The van der Waals surface area contributed by atoms with Crippen molar-refractivity contribution in [2.75, 3.05) is 25.4 Å². The third-order valence-corrected chi connectivity index (χ3v) is 6.26. The molecule has 0 N–H and O–H groups in total. The van der Waals surface area contributed by atoms with Crippen molar-refractivity contribution in [3.05, 3.63) is 75.8 Å². The van der Waals surface area contributed by atoms with Crippen molar-refractivity contribution in [1.82, 2.24) is 4.90 Å². The average Bonchev–Trinajstić information content (AvgIpc) is 2.82. The van der Waals surface area contributed by atoms with E-state index < -0.39 is 4.92 Å². The number of benzene rings is 2. The number of thioether (sulfide) groups is 1. The van der Waals surface area contributed by atoms with Crippen LogP contribution in [0.25, 0.3) is 6.08 Å². The third kappa shape index (κ3) is 6.20. The van der Waals surface area contributed by atoms with E-state index in [2.05, 4.69) is 0 Å². The molecule has 1 saturated heterocycles. The standard InChI is InChI=1S/C24H26N2O5S/c1-2-31-24(28)19-10-8-14-25(16-19)23(27)20(17-32-21-11-4-3-5-12-21)15-18-9-6-7-13-22(18)26(29)30/h3-7,9,11-13,15,19H,2,8,10,14,16-17H2,1H3/b20-15+. The normalized spacial score (nSPS) is 16.5. The molecule has 0 radical (unpaired) electrons. The van der Waals surface area contributed by atoms with Crippen LogP contribution >= 0.6 is 11.8 Å². The molecule has 1 fully saturated rings. The van der Waals surface area contributed by atoms with Gasteiger partial charge >= 0.3 is 5.97 Å². The van der Waals surface area contributed by atoms with E-state index in [0.717, 1.165) is 4.90 Å². The first-order valence-electron chi connectivity index (χ1n) is 10.6. The highest BCUT2D eigenvalue weighted by Crippen LogP contribution is 2.27. The lowest BCUT2D eigenvalue weighted by molar-refractivity contribution is -0.385. The number of hydrogen-bond acceptors (Lipinski definition) is 6. The number of esters is 1. The van der Waals surface area contributed by atoms with Gasteiger partial charge in [0.25, 0.3) is 11.6 Å². The molecule has 8 heteroatoms. The van der Waals surface area contributed by atoms with E-state index in [9.17, 15) is 19.7 Å². The molecule has 1 unspecified atom stereocenters. The number of nitrogens with zero attached hydrogens (tertiary/aromatic N) is 2. The number of amides is 1. The highest BCUT2D eigenvalue weighted by molar-refractivity contribution is 7.99. The maximum Gasteiger partial charge on any atom is 0.310 e. The van der Waals surface area contributed by atoms with Crippen LogP contribution in [0.15, 0.2) is 65.1 Å². The van der Waals surface area contributed by atoms with Gasteiger partial charge in [0.05, 0.1) is 23.0 Å². The first-order chi connectivity index (χ1) is 15.5. The SMILES string of the molecule is CCOC(=O)C1CCCN(C(=O)/C(=C/c2ccccc2[N+](=O)[O-])CSc2ccccc2)C1. The maximum atomic E-state index is 13.5. The molecule has 0 saturated carbocycles. The minimum atomic E-state index is -0.448. The van der Waals surface area contributed by atoms with E-state index >= 15 is 0 Å². The lowest BCUT2D eigenvalue weighted by Gasteiger charge is -2.32. The second-order valence-corrected chi connectivity index (χ2v) is 8.48. The van der Waals surface area contributed by atoms with Crippen molar-refractivity contribution < 1.29 is 19.2 Å². The van der Waals surface area contributed by atoms with Gasteiger partial charge in [0.2, 0.25) is 0 Å². The van der Waals surface area contributed by atoms with Crippen LogP contribution < -0.4 is 0 Å². The van der Waals surface area contributed by atoms with Crippen LogP contribution in [0.2, 0.25) is 0 Å². The molecule has 1 atom stereocenters. The number of nitro benzene ring substituents is 1. The Hall–Kier alpha value is -3.13. The first kappa shape index (κ1) is 23.5. The summed E-state index contributed by atoms with van der Waals surface area (Å²) in [5.41, 5.74) is 0.789. The Morgan fingerprint density at radius 3 is 2.62 bits per heavy atom. The number of rotatable bonds is 8. The smallest absolute Gasteiger partial charge is 0.310 e. The Morgan fingerprint density at radius 2 is 1.91 bits per heavy atom. The molecule has 168 valence electrons. The van der Waals surface area contributed by atoms with Crippen molar-refractivity contribution in [2.45, 2.75) is 24.7 Å². The summed E-state index contributed by atoms with van der Waals surface area (Å²) in [5.74, 6) is -0.481. The Balaban J connectivity index is 1.87. The molecule has 0 aliphatic carbocycles. The highest BCUT2D eigenvalue weighted by atomic mass is 32.2. The molecule has 1 heterocycles. The summed E-state index contributed by atoms with van der Waals surface area (Å²) in [4.78, 5) is 39.3. The van der Waals surface area contributed by atoms with E-state index in [1.807, 2.05) is 30.3 Å². The number of hydrogen-bond donors (Lipinski definition) is 0. The van der Waals surface area contributed by atoms with Gasteiger partial charge in [-0.3, -0.25) is 19.7 Å². The monoisotopic (exact) mass is 454 g/mol. The van der Waals surface area contributed by atoms with Crippen molar-refractivity contribution in [2.24, 2.45) is 5.92 Å². The number of likely N-dealkylation sites (tertiary alicyclic amines) is 1. The first-order valence-corrected chi connectivity index (χ1v) is 11.6. The molecule has 0 bridgehead atoms. The summed E-state index contributed by atoms with van der Waals surface area (Å²) in [6.45, 7) is 2.90. The predicted molar refractivity (Wildman–Crippen MR) is 124 cm³/mol. The molecule has 0 spiro atoms. The summed E-state index contributed by atoms with van der Waals surface area (Å²) in [6.07, 6.45) is 2.99. The number of carbonyl (C=O) groups is 2. The highest BCUT2D eigenvalue weighted by Gasteiger charge is 2.30. The molecule has 3 rings (SSSR count). The van der Waals surface area contributed by atoms with E-state index in [1.165, 1.54) is 17.8 Å². The molecule has 1 aliphatic heterocycles. The molecular formula is C24H26N2O5S. The summed E-state index contributed by atoms with van der Waals surface area (Å²) >= 11 is 1.49. The van der Waals surface area contributed by atoms with Gasteiger partial charge in [0, 0.05) is 35.4 Å². The number of ether oxygens (including phenoxy) is 1. The van der Waals surface area contributed by atoms with E-state index in [-0.39, 0.29) is 23.5 Å². The van der Waals surface area contributed by atoms with Gasteiger partial charge in [-0.1, -0.05) is 30.3 Å². The zero-order chi connectivity index (χ0) is 22.9. The Morgan fingerprint density at radius 1 is 1.19 bits per heavy atom. The molecule has 0 aromatic heterocycles. The number of piperidine rings is 1. The predicted octanol–water partition coefficient (Wildman–Crippen LogP) is 4.57. The van der Waals surface area contributed by atoms with Gasteiger partial charge in [0.15, 0.2) is 0 Å². The van der Waals surface area contributed by atoms with Gasteiger partial charge in [-0.15, -0.1) is 11.8 Å². The fourth-order valence-electron chi connectivity index (χ4n) is 3.62. The van der Waals surface area contributed by atoms with Crippen LogP contribution in [0.3, 0.4) is 0 Å². The van der Waals surface area contributed by atoms with Gasteiger partial charge in [0.1, 0.15) is 0 Å². The van der Waals surface area contributed by atoms with Crippen molar-refractivity contribution >= 4 is 35.4 Å². The second kappa shape index (κ2) is 11.5. The molecule has 2 aromatic rings. The Labute approximate surface area is 191 Å². The van der Waals surface area contributed by atoms with Crippen LogP contribution in [0.1, 0.15) is 25.3 Å². The average molecular weight is 455 g/mol. The Bertz CT molecular complexity index is 993. The molecule has 32 heavy (non-hydrogen) atoms. The number of para-hydroxylation sites is 1. The summed E-state index contributed by atoms with van der Waals surface area (Å²) in [5, 5.41) is 11.5. The van der Waals surface area contributed by atoms with Gasteiger partial charge < -0.3 is 9.64 Å². The zero-order valence-corrected chi connectivity index (χ0v) is 18.8. The minimum absolute atomic E-state index is 0.0504. The fraction of sp³-hybridized carbons (Fsp3) is 0.333. The van der Waals surface area contributed by atoms with Crippen LogP contribution in [0.4, 0.5) is 5.69 Å². The quantitative estimate of drug-likeness (QED) is 0.191. The van der Waals surface area contributed by atoms with Crippen molar-refractivity contribution in [3.8, 4) is 0 Å². The Kier molecular flexibility index (Phi) is 8.44. The molecular weight excluding hydrogens is 428 g/mol. The van der Waals surface area contributed by atoms with Crippen molar-refractivity contribution in [3.63, 3.8) is 0 Å². The molecule has 1 aliphatic rings. The van der Waals surface area contributed by atoms with Crippen LogP contribution in [-0.2, 0) is 14.3 Å². The number of carbonyl (C=O) groups excluding carboxylic acids is 2. The van der Waals surface area contributed by atoms with E-state index in [1.54, 1.807) is 36.1 Å². The van der Waals surface area contributed by atoms with Gasteiger partial charge in [-0.05, 0) is 44.0 Å². The van der Waals surface area contributed by atoms with E-state index in [0.29, 0.717) is 49.4 Å². The molecule has 7 nitrogen and oxygen atoms in total. The maximum absolute atomic E-state index is 13.5. The van der Waals surface area contributed by atoms with Crippen molar-refractivity contribution in [1.29, 1.82) is 0 Å². The topological polar surface area (TPSA) is 89.8 Å². The lowest BCUT2D eigenvalue weighted by Crippen LogP contribution is -2.43. The summed E-state index contributed by atoms with van der Waals surface area (Å²) in [6, 6.07) is 16.0. The minimum Gasteiger partial charge on any atom is -0.466 e. The lowest BCUT2D eigenvalue weighted by atomic mass is 9.97. The molecule has 1 amide bonds. The number of nitro groups is 1. The third-order valence-electron chi connectivity index (χ3n) is 5.20. The summed E-state index contributed by atoms with van der Waals surface area (Å²) in [7, 11) is 0. The fourth-order valence-corrected chi connectivity index (χ4v) is 4.50. The van der Waals surface area contributed by atoms with Crippen LogP contribution in [0.5, 0.6) is 0 Å². The largest absolute Gasteiger partial charge is 0.466 e. The molecule has 2 aromatic carbocycles. The van der Waals surface area contributed by atoms with Gasteiger partial charge in [-0.2, -0.15) is 0 Å². The second-order valence-electron chi connectivity index (χ2n) is 7.43.